The molecule has 2 aliphatic rings. The van der Waals surface area contributed by atoms with Crippen molar-refractivity contribution in [2.75, 3.05) is 32.7 Å². The molecule has 2 aliphatic heterocycles. The van der Waals surface area contributed by atoms with Gasteiger partial charge in [-0.25, -0.2) is 0 Å². The van der Waals surface area contributed by atoms with E-state index >= 15 is 0 Å². The van der Waals surface area contributed by atoms with Crippen molar-refractivity contribution in [3.8, 4) is 0 Å². The summed E-state index contributed by atoms with van der Waals surface area (Å²) >= 11 is 0. The lowest BCUT2D eigenvalue weighted by Gasteiger charge is -2.46. The predicted octanol–water partition coefficient (Wildman–Crippen LogP) is 0.846. The van der Waals surface area contributed by atoms with Crippen LogP contribution in [0.1, 0.15) is 39.0 Å². The zero-order chi connectivity index (χ0) is 12.3. The molecule has 0 radical (unpaired) electrons. The molecule has 17 heavy (non-hydrogen) atoms. The number of likely N-dealkylation sites (tertiary alicyclic amines) is 2. The Balaban J connectivity index is 1.65. The first kappa shape index (κ1) is 12.8. The number of hydrogen-bond donors (Lipinski definition) is 1. The van der Waals surface area contributed by atoms with E-state index in [2.05, 4.69) is 11.8 Å². The third kappa shape index (κ3) is 3.19. The Bertz CT molecular complexity index is 269. The van der Waals surface area contributed by atoms with Crippen LogP contribution in [0.25, 0.3) is 0 Å². The molecule has 2 heterocycles. The minimum atomic E-state index is -0.585. The monoisotopic (exact) mass is 240 g/mol. The van der Waals surface area contributed by atoms with Crippen LogP contribution in [0, 0.1) is 0 Å². The largest absolute Gasteiger partial charge is 0.386 e. The Labute approximate surface area is 104 Å². The maximum Gasteiger partial charge on any atom is 0.224 e. The molecule has 0 unspecified atom stereocenters. The van der Waals surface area contributed by atoms with E-state index < -0.39 is 5.60 Å². The van der Waals surface area contributed by atoms with E-state index in [1.54, 1.807) is 4.90 Å². The Hall–Kier alpha value is -0.610. The minimum Gasteiger partial charge on any atom is -0.386 e. The van der Waals surface area contributed by atoms with Crippen LogP contribution in [0.2, 0.25) is 0 Å². The molecule has 2 rings (SSSR count). The van der Waals surface area contributed by atoms with Crippen LogP contribution >= 0.6 is 0 Å². The van der Waals surface area contributed by atoms with Gasteiger partial charge in [-0.2, -0.15) is 0 Å². The highest BCUT2D eigenvalue weighted by molar-refractivity contribution is 5.77. The summed E-state index contributed by atoms with van der Waals surface area (Å²) in [7, 11) is 0. The number of rotatable bonds is 5. The summed E-state index contributed by atoms with van der Waals surface area (Å²) < 4.78 is 0. The van der Waals surface area contributed by atoms with Gasteiger partial charge >= 0.3 is 0 Å². The van der Waals surface area contributed by atoms with Crippen LogP contribution in [0.4, 0.5) is 0 Å². The first-order valence-electron chi connectivity index (χ1n) is 6.85. The third-order valence-electron chi connectivity index (χ3n) is 3.88. The van der Waals surface area contributed by atoms with Gasteiger partial charge in [0.05, 0.1) is 18.7 Å². The van der Waals surface area contributed by atoms with Crippen molar-refractivity contribution in [1.82, 2.24) is 9.80 Å². The van der Waals surface area contributed by atoms with Crippen LogP contribution in [-0.2, 0) is 4.79 Å². The smallest absolute Gasteiger partial charge is 0.224 e. The van der Waals surface area contributed by atoms with Gasteiger partial charge in [-0.1, -0.05) is 13.3 Å². The minimum absolute atomic E-state index is 0.206. The summed E-state index contributed by atoms with van der Waals surface area (Å²) in [4.78, 5) is 16.0. The molecule has 1 amide bonds. The first-order chi connectivity index (χ1) is 8.13. The summed E-state index contributed by atoms with van der Waals surface area (Å²) in [5.74, 6) is 0.206. The zero-order valence-electron chi connectivity index (χ0n) is 10.8. The second-order valence-electron chi connectivity index (χ2n) is 5.52. The molecule has 0 bridgehead atoms. The van der Waals surface area contributed by atoms with Crippen molar-refractivity contribution in [3.63, 3.8) is 0 Å². The van der Waals surface area contributed by atoms with E-state index in [-0.39, 0.29) is 5.91 Å². The first-order valence-corrected chi connectivity index (χ1v) is 6.85. The van der Waals surface area contributed by atoms with Crippen LogP contribution < -0.4 is 0 Å². The SMILES string of the molecule is CCCC1(O)CN(C(=O)CCN2CCCC2)C1. The Morgan fingerprint density at radius 3 is 2.53 bits per heavy atom. The average molecular weight is 240 g/mol. The fourth-order valence-corrected chi connectivity index (χ4v) is 2.88. The molecule has 98 valence electrons. The van der Waals surface area contributed by atoms with Crippen molar-refractivity contribution < 1.29 is 9.90 Å². The summed E-state index contributed by atoms with van der Waals surface area (Å²) in [5.41, 5.74) is -0.585. The molecule has 0 aromatic rings. The van der Waals surface area contributed by atoms with Gasteiger partial charge in [0.1, 0.15) is 0 Å². The highest BCUT2D eigenvalue weighted by atomic mass is 16.3. The number of nitrogens with zero attached hydrogens (tertiary/aromatic N) is 2. The molecular formula is C13H24N2O2. The Morgan fingerprint density at radius 1 is 1.29 bits per heavy atom. The van der Waals surface area contributed by atoms with Gasteiger partial charge < -0.3 is 14.9 Å². The van der Waals surface area contributed by atoms with Gasteiger partial charge in [0.2, 0.25) is 5.91 Å². The number of β-amino-alcohol motifs (C(OH)–C–C–N with tert-alkyl or cyclic N) is 1. The molecule has 0 saturated carbocycles. The number of hydrogen-bond acceptors (Lipinski definition) is 3. The number of aliphatic hydroxyl groups is 1. The maximum atomic E-state index is 11.9. The maximum absolute atomic E-state index is 11.9. The van der Waals surface area contributed by atoms with Crippen LogP contribution in [0.5, 0.6) is 0 Å². The van der Waals surface area contributed by atoms with Gasteiger partial charge in [0.15, 0.2) is 0 Å². The van der Waals surface area contributed by atoms with Gasteiger partial charge in [0, 0.05) is 13.0 Å². The van der Waals surface area contributed by atoms with Crippen molar-refractivity contribution in [2.45, 2.75) is 44.6 Å². The van der Waals surface area contributed by atoms with Crippen molar-refractivity contribution in [2.24, 2.45) is 0 Å². The fraction of sp³-hybridized carbons (Fsp3) is 0.923. The predicted molar refractivity (Wildman–Crippen MR) is 66.7 cm³/mol. The van der Waals surface area contributed by atoms with Gasteiger partial charge in [-0.15, -0.1) is 0 Å². The van der Waals surface area contributed by atoms with Gasteiger partial charge in [-0.05, 0) is 32.4 Å². The molecule has 2 fully saturated rings. The molecular weight excluding hydrogens is 216 g/mol. The molecule has 4 nitrogen and oxygen atoms in total. The lowest BCUT2D eigenvalue weighted by atomic mass is 9.89. The average Bonchev–Trinajstić information content (AvgIpc) is 2.75. The van der Waals surface area contributed by atoms with E-state index in [1.807, 2.05) is 0 Å². The Kier molecular flexibility index (Phi) is 4.05. The summed E-state index contributed by atoms with van der Waals surface area (Å²) in [5, 5.41) is 10.0. The highest BCUT2D eigenvalue weighted by Gasteiger charge is 2.42. The van der Waals surface area contributed by atoms with Crippen molar-refractivity contribution in [3.05, 3.63) is 0 Å². The summed E-state index contributed by atoms with van der Waals surface area (Å²) in [6, 6.07) is 0. The lowest BCUT2D eigenvalue weighted by Crippen LogP contribution is -2.63. The molecule has 0 atom stereocenters. The quantitative estimate of drug-likeness (QED) is 0.774. The molecule has 0 spiro atoms. The van der Waals surface area contributed by atoms with E-state index in [1.165, 1.54) is 12.8 Å². The Morgan fingerprint density at radius 2 is 1.94 bits per heavy atom. The molecule has 1 N–H and O–H groups in total. The standard InChI is InChI=1S/C13H24N2O2/c1-2-6-13(17)10-15(11-13)12(16)5-9-14-7-3-4-8-14/h17H,2-11H2,1H3. The molecule has 0 aromatic carbocycles. The summed E-state index contributed by atoms with van der Waals surface area (Å²) in [6.07, 6.45) is 4.94. The zero-order valence-corrected chi connectivity index (χ0v) is 10.8. The normalized spacial score (nSPS) is 23.8. The van der Waals surface area contributed by atoms with Crippen molar-refractivity contribution in [1.29, 1.82) is 0 Å². The van der Waals surface area contributed by atoms with E-state index in [0.717, 1.165) is 32.5 Å². The number of carbonyl (C=O) groups excluding carboxylic acids is 1. The number of carbonyl (C=O) groups is 1. The van der Waals surface area contributed by atoms with Crippen LogP contribution in [0.3, 0.4) is 0 Å². The molecule has 0 aromatic heterocycles. The fourth-order valence-electron chi connectivity index (χ4n) is 2.88. The molecule has 0 aliphatic carbocycles. The topological polar surface area (TPSA) is 43.8 Å². The second kappa shape index (κ2) is 5.36. The van der Waals surface area contributed by atoms with Gasteiger partial charge in [-0.3, -0.25) is 4.79 Å². The molecule has 2 saturated heterocycles. The van der Waals surface area contributed by atoms with E-state index in [4.69, 9.17) is 0 Å². The van der Waals surface area contributed by atoms with Crippen LogP contribution in [-0.4, -0.2) is 59.1 Å². The summed E-state index contributed by atoms with van der Waals surface area (Å²) in [6.45, 7) is 6.33. The van der Waals surface area contributed by atoms with Gasteiger partial charge in [0.25, 0.3) is 0 Å². The number of amides is 1. The van der Waals surface area contributed by atoms with E-state index in [0.29, 0.717) is 19.5 Å². The molecule has 4 heteroatoms. The highest BCUT2D eigenvalue weighted by Crippen LogP contribution is 2.26. The lowest BCUT2D eigenvalue weighted by molar-refractivity contribution is -0.156. The second-order valence-corrected chi connectivity index (χ2v) is 5.52. The third-order valence-corrected chi connectivity index (χ3v) is 3.88. The van der Waals surface area contributed by atoms with Crippen LogP contribution in [0.15, 0.2) is 0 Å². The van der Waals surface area contributed by atoms with Crippen molar-refractivity contribution >= 4 is 5.91 Å². The van der Waals surface area contributed by atoms with E-state index in [9.17, 15) is 9.90 Å².